The maximum Gasteiger partial charge on any atom is 0.187 e. The van der Waals surface area contributed by atoms with Crippen LogP contribution in [0.3, 0.4) is 0 Å². The van der Waals surface area contributed by atoms with Gasteiger partial charge in [-0.3, -0.25) is 4.79 Å². The maximum atomic E-state index is 12.4. The maximum absolute atomic E-state index is 12.4. The molecule has 3 heteroatoms. The average Bonchev–Trinajstić information content (AvgIpc) is 2.72. The molecule has 3 rings (SSSR count). The predicted octanol–water partition coefficient (Wildman–Crippen LogP) is 2.09. The van der Waals surface area contributed by atoms with Crippen LogP contribution in [-0.4, -0.2) is 24.8 Å². The molecule has 0 spiro atoms. The zero-order chi connectivity index (χ0) is 12.3. The Kier molecular flexibility index (Phi) is 2.17. The number of carbonyl (C=O) groups is 1. The van der Waals surface area contributed by atoms with Gasteiger partial charge in [0.2, 0.25) is 0 Å². The molecule has 1 heterocycles. The fourth-order valence-corrected chi connectivity index (χ4v) is 3.88. The molecule has 4 bridgehead atoms. The van der Waals surface area contributed by atoms with Crippen LogP contribution in [0, 0.1) is 17.3 Å². The first-order chi connectivity index (χ1) is 8.05. The van der Waals surface area contributed by atoms with Crippen LogP contribution in [-0.2, 0) is 14.3 Å². The molecule has 92 valence electrons. The molecular weight excluding hydrogens is 216 g/mol. The van der Waals surface area contributed by atoms with Crippen molar-refractivity contribution in [3.8, 4) is 0 Å². The normalized spacial score (nSPS) is 47.2. The summed E-state index contributed by atoms with van der Waals surface area (Å²) in [6, 6.07) is 0. The second kappa shape index (κ2) is 3.30. The molecule has 1 aliphatic heterocycles. The highest BCUT2D eigenvalue weighted by molar-refractivity contribution is 6.01. The molecule has 3 nitrogen and oxygen atoms in total. The topological polar surface area (TPSA) is 35.5 Å². The second-order valence-electron chi connectivity index (χ2n) is 5.58. The molecule has 0 radical (unpaired) electrons. The highest BCUT2D eigenvalue weighted by Crippen LogP contribution is 2.64. The Morgan fingerprint density at radius 1 is 1.71 bits per heavy atom. The first-order valence-corrected chi connectivity index (χ1v) is 6.17. The molecular formula is C14H18O3. The summed E-state index contributed by atoms with van der Waals surface area (Å²) < 4.78 is 11.8. The van der Waals surface area contributed by atoms with Crippen LogP contribution in [0.5, 0.6) is 0 Å². The number of hydrogen-bond acceptors (Lipinski definition) is 3. The minimum atomic E-state index is -0.734. The van der Waals surface area contributed by atoms with Crippen molar-refractivity contribution in [2.24, 2.45) is 17.3 Å². The number of rotatable bonds is 3. The van der Waals surface area contributed by atoms with Crippen molar-refractivity contribution in [1.29, 1.82) is 0 Å². The number of ketones is 1. The third kappa shape index (κ3) is 1.11. The molecule has 4 atom stereocenters. The van der Waals surface area contributed by atoms with E-state index in [1.54, 1.807) is 6.08 Å². The number of carbonyl (C=O) groups excluding carboxylic acids is 1. The molecule has 0 amide bonds. The molecule has 0 N–H and O–H groups in total. The van der Waals surface area contributed by atoms with Crippen molar-refractivity contribution in [2.45, 2.75) is 26.1 Å². The lowest BCUT2D eigenvalue weighted by Gasteiger charge is -2.45. The number of Topliss-reactive ketones (excluding diaryl/α,β-unsaturated/α-hetero) is 1. The van der Waals surface area contributed by atoms with Crippen LogP contribution >= 0.6 is 0 Å². The molecule has 17 heavy (non-hydrogen) atoms. The lowest BCUT2D eigenvalue weighted by Crippen LogP contribution is -2.56. The quantitative estimate of drug-likeness (QED) is 0.701. The number of hydrogen-bond donors (Lipinski definition) is 0. The van der Waals surface area contributed by atoms with Crippen LogP contribution in [0.1, 0.15) is 20.3 Å². The molecule has 2 fully saturated rings. The van der Waals surface area contributed by atoms with Crippen molar-refractivity contribution in [1.82, 2.24) is 0 Å². The van der Waals surface area contributed by atoms with E-state index in [1.165, 1.54) is 0 Å². The SMILES string of the molecule is C=CCO[C@]12OC[C@@H]3C[C@@]1(C)C(=O)C(C)=C[C@@H]32. The summed E-state index contributed by atoms with van der Waals surface area (Å²) in [5.41, 5.74) is 0.353. The Labute approximate surface area is 101 Å². The van der Waals surface area contributed by atoms with Gasteiger partial charge in [-0.05, 0) is 31.8 Å². The van der Waals surface area contributed by atoms with Gasteiger partial charge in [0.25, 0.3) is 0 Å². The van der Waals surface area contributed by atoms with Gasteiger partial charge in [-0.1, -0.05) is 12.2 Å². The molecule has 0 aromatic heterocycles. The summed E-state index contributed by atoms with van der Waals surface area (Å²) in [6.07, 6.45) is 4.64. The van der Waals surface area contributed by atoms with Crippen molar-refractivity contribution >= 4 is 5.78 Å². The minimum absolute atomic E-state index is 0.181. The molecule has 0 unspecified atom stereocenters. The van der Waals surface area contributed by atoms with E-state index in [0.717, 1.165) is 12.0 Å². The Hall–Kier alpha value is -0.930. The fourth-order valence-electron chi connectivity index (χ4n) is 3.88. The van der Waals surface area contributed by atoms with E-state index in [9.17, 15) is 4.79 Å². The van der Waals surface area contributed by atoms with Gasteiger partial charge in [-0.15, -0.1) is 6.58 Å². The van der Waals surface area contributed by atoms with E-state index >= 15 is 0 Å². The lowest BCUT2D eigenvalue weighted by atomic mass is 9.71. The molecule has 0 aromatic carbocycles. The second-order valence-corrected chi connectivity index (χ2v) is 5.58. The highest BCUT2D eigenvalue weighted by atomic mass is 16.7. The first kappa shape index (κ1) is 11.2. The zero-order valence-electron chi connectivity index (χ0n) is 10.4. The van der Waals surface area contributed by atoms with E-state index < -0.39 is 11.2 Å². The zero-order valence-corrected chi connectivity index (χ0v) is 10.4. The fraction of sp³-hybridized carbons (Fsp3) is 0.643. The Balaban J connectivity index is 2.08. The van der Waals surface area contributed by atoms with Crippen molar-refractivity contribution in [3.63, 3.8) is 0 Å². The highest BCUT2D eigenvalue weighted by Gasteiger charge is 2.72. The van der Waals surface area contributed by atoms with E-state index in [0.29, 0.717) is 19.1 Å². The van der Waals surface area contributed by atoms with Gasteiger partial charge in [-0.25, -0.2) is 0 Å². The third-order valence-corrected chi connectivity index (χ3v) is 4.60. The third-order valence-electron chi connectivity index (χ3n) is 4.60. The molecule has 2 aliphatic carbocycles. The monoisotopic (exact) mass is 234 g/mol. The summed E-state index contributed by atoms with van der Waals surface area (Å²) in [6.45, 7) is 8.69. The van der Waals surface area contributed by atoms with Gasteiger partial charge in [0.15, 0.2) is 11.6 Å². The standard InChI is InChI=1S/C14H18O3/c1-4-5-16-14-11-6-9(2)12(15)13(14,3)7-10(11)8-17-14/h4,6,10-11H,1,5,7-8H2,2-3H3/t10-,11-,13-,14+/m0/s1. The Morgan fingerprint density at radius 2 is 2.47 bits per heavy atom. The van der Waals surface area contributed by atoms with Gasteiger partial charge >= 0.3 is 0 Å². The van der Waals surface area contributed by atoms with Crippen molar-refractivity contribution in [3.05, 3.63) is 24.3 Å². The van der Waals surface area contributed by atoms with Gasteiger partial charge < -0.3 is 9.47 Å². The van der Waals surface area contributed by atoms with Gasteiger partial charge in [0.05, 0.1) is 18.6 Å². The molecule has 1 saturated heterocycles. The van der Waals surface area contributed by atoms with E-state index in [-0.39, 0.29) is 11.7 Å². The average molecular weight is 234 g/mol. The van der Waals surface area contributed by atoms with Crippen LogP contribution in [0.4, 0.5) is 0 Å². The minimum Gasteiger partial charge on any atom is -0.348 e. The first-order valence-electron chi connectivity index (χ1n) is 6.17. The summed E-state index contributed by atoms with van der Waals surface area (Å²) in [7, 11) is 0. The van der Waals surface area contributed by atoms with Crippen LogP contribution in [0.25, 0.3) is 0 Å². The van der Waals surface area contributed by atoms with E-state index in [4.69, 9.17) is 9.47 Å². The lowest BCUT2D eigenvalue weighted by molar-refractivity contribution is -0.273. The van der Waals surface area contributed by atoms with Crippen molar-refractivity contribution < 1.29 is 14.3 Å². The van der Waals surface area contributed by atoms with Crippen molar-refractivity contribution in [2.75, 3.05) is 13.2 Å². The molecule has 0 aromatic rings. The van der Waals surface area contributed by atoms with Crippen LogP contribution in [0.15, 0.2) is 24.3 Å². The number of ether oxygens (including phenoxy) is 2. The summed E-state index contributed by atoms with van der Waals surface area (Å²) >= 11 is 0. The summed E-state index contributed by atoms with van der Waals surface area (Å²) in [5.74, 6) is 0.0963. The Bertz CT molecular complexity index is 425. The molecule has 3 aliphatic rings. The smallest absolute Gasteiger partial charge is 0.187 e. The largest absolute Gasteiger partial charge is 0.348 e. The van der Waals surface area contributed by atoms with E-state index in [1.807, 2.05) is 13.8 Å². The Morgan fingerprint density at radius 3 is 3.18 bits per heavy atom. The van der Waals surface area contributed by atoms with Crippen LogP contribution < -0.4 is 0 Å². The van der Waals surface area contributed by atoms with Gasteiger partial charge in [0, 0.05) is 5.92 Å². The predicted molar refractivity (Wildman–Crippen MR) is 63.3 cm³/mol. The van der Waals surface area contributed by atoms with Gasteiger partial charge in [-0.2, -0.15) is 0 Å². The molecule has 1 saturated carbocycles. The summed E-state index contributed by atoms with van der Waals surface area (Å²) in [4.78, 5) is 12.4. The van der Waals surface area contributed by atoms with E-state index in [2.05, 4.69) is 12.7 Å². The van der Waals surface area contributed by atoms with Crippen LogP contribution in [0.2, 0.25) is 0 Å². The number of allylic oxidation sites excluding steroid dienone is 1. The van der Waals surface area contributed by atoms with Gasteiger partial charge in [0.1, 0.15) is 0 Å². The summed E-state index contributed by atoms with van der Waals surface area (Å²) in [5, 5.41) is 0.